The summed E-state index contributed by atoms with van der Waals surface area (Å²) in [5.41, 5.74) is 3.84. The molecule has 5 nitrogen and oxygen atoms in total. The van der Waals surface area contributed by atoms with E-state index in [-0.39, 0.29) is 34.8 Å². The fourth-order valence-corrected chi connectivity index (χ4v) is 7.03. The largest absolute Gasteiger partial charge is 0.341 e. The van der Waals surface area contributed by atoms with Gasteiger partial charge in [-0.15, -0.1) is 0 Å². The topological polar surface area (TPSA) is 43.9 Å². The SMILES string of the molecule is CC(=O)N1CC2(CCN(CCC(CN(C)C(=O)c3cc(C)c(F)c(C)c3)c3ccc(Cl)c(Cl)c3)CC2)c2cc(F)ccc21. The average molecular weight is 629 g/mol. The van der Waals surface area contributed by atoms with Crippen molar-refractivity contribution in [3.05, 3.63) is 98.0 Å². The molecule has 5 rings (SSSR count). The molecule has 0 aliphatic carbocycles. The Morgan fingerprint density at radius 3 is 2.28 bits per heavy atom. The predicted octanol–water partition coefficient (Wildman–Crippen LogP) is 7.53. The third-order valence-electron chi connectivity index (χ3n) is 9.21. The number of carbonyl (C=O) groups excluding carboxylic acids is 2. The maximum atomic E-state index is 14.3. The first-order chi connectivity index (χ1) is 20.4. The van der Waals surface area contributed by atoms with Crippen molar-refractivity contribution in [3.63, 3.8) is 0 Å². The smallest absolute Gasteiger partial charge is 0.253 e. The van der Waals surface area contributed by atoms with Crippen LogP contribution >= 0.6 is 23.2 Å². The number of hydrogen-bond donors (Lipinski definition) is 0. The Morgan fingerprint density at radius 1 is 0.977 bits per heavy atom. The zero-order valence-electron chi connectivity index (χ0n) is 25.0. The van der Waals surface area contributed by atoms with E-state index in [2.05, 4.69) is 4.90 Å². The molecular weight excluding hydrogens is 591 g/mol. The third kappa shape index (κ3) is 6.45. The minimum absolute atomic E-state index is 0.0169. The van der Waals surface area contributed by atoms with Gasteiger partial charge in [0.15, 0.2) is 0 Å². The molecule has 3 aromatic carbocycles. The van der Waals surface area contributed by atoms with Crippen LogP contribution in [0, 0.1) is 25.5 Å². The zero-order chi connectivity index (χ0) is 31.1. The number of likely N-dealkylation sites (tertiary alicyclic amines) is 1. The van der Waals surface area contributed by atoms with Gasteiger partial charge >= 0.3 is 0 Å². The molecule has 1 spiro atoms. The molecule has 9 heteroatoms. The van der Waals surface area contributed by atoms with Crippen molar-refractivity contribution < 1.29 is 18.4 Å². The first-order valence-electron chi connectivity index (χ1n) is 14.7. The van der Waals surface area contributed by atoms with Gasteiger partial charge < -0.3 is 14.7 Å². The van der Waals surface area contributed by atoms with E-state index in [0.717, 1.165) is 55.7 Å². The van der Waals surface area contributed by atoms with Gasteiger partial charge in [0.1, 0.15) is 11.6 Å². The third-order valence-corrected chi connectivity index (χ3v) is 9.95. The highest BCUT2D eigenvalue weighted by atomic mass is 35.5. The molecule has 228 valence electrons. The molecule has 0 bridgehead atoms. The molecule has 1 unspecified atom stereocenters. The fraction of sp³-hybridized carbons (Fsp3) is 0.412. The number of carbonyl (C=O) groups is 2. The molecular formula is C34H37Cl2F2N3O2. The normalized spacial score (nSPS) is 16.8. The molecule has 43 heavy (non-hydrogen) atoms. The molecule has 1 fully saturated rings. The van der Waals surface area contributed by atoms with Crippen LogP contribution in [0.25, 0.3) is 0 Å². The number of hydrogen-bond acceptors (Lipinski definition) is 3. The number of likely N-dealkylation sites (N-methyl/N-ethyl adjacent to an activating group) is 1. The van der Waals surface area contributed by atoms with Crippen molar-refractivity contribution in [2.45, 2.75) is 51.4 Å². The lowest BCUT2D eigenvalue weighted by Crippen LogP contribution is -2.46. The summed E-state index contributed by atoms with van der Waals surface area (Å²) in [6.45, 7) is 8.35. The molecule has 0 N–H and O–H groups in total. The Morgan fingerprint density at radius 2 is 1.65 bits per heavy atom. The van der Waals surface area contributed by atoms with Crippen LogP contribution in [-0.2, 0) is 10.2 Å². The predicted molar refractivity (Wildman–Crippen MR) is 168 cm³/mol. The summed E-state index contributed by atoms with van der Waals surface area (Å²) in [6, 6.07) is 13.5. The fourth-order valence-electron chi connectivity index (χ4n) is 6.73. The maximum Gasteiger partial charge on any atom is 0.253 e. The minimum atomic E-state index is -0.295. The summed E-state index contributed by atoms with van der Waals surface area (Å²) in [7, 11) is 1.77. The number of benzene rings is 3. The Balaban J connectivity index is 1.29. The number of rotatable bonds is 7. The van der Waals surface area contributed by atoms with Crippen molar-refractivity contribution >= 4 is 40.7 Å². The van der Waals surface area contributed by atoms with Gasteiger partial charge in [-0.3, -0.25) is 9.59 Å². The van der Waals surface area contributed by atoms with Gasteiger partial charge in [-0.2, -0.15) is 0 Å². The van der Waals surface area contributed by atoms with E-state index in [1.165, 1.54) is 6.07 Å². The van der Waals surface area contributed by atoms with Crippen LogP contribution in [0.2, 0.25) is 10.0 Å². The van der Waals surface area contributed by atoms with Crippen LogP contribution in [0.1, 0.15) is 64.7 Å². The summed E-state index contributed by atoms with van der Waals surface area (Å²) in [4.78, 5) is 31.6. The Hall–Kier alpha value is -3.00. The monoisotopic (exact) mass is 627 g/mol. The molecule has 0 aromatic heterocycles. The summed E-state index contributed by atoms with van der Waals surface area (Å²) >= 11 is 12.6. The van der Waals surface area contributed by atoms with Crippen LogP contribution in [0.3, 0.4) is 0 Å². The second kappa shape index (κ2) is 12.5. The van der Waals surface area contributed by atoms with Crippen LogP contribution in [0.4, 0.5) is 14.5 Å². The quantitative estimate of drug-likeness (QED) is 0.272. The highest BCUT2D eigenvalue weighted by Gasteiger charge is 2.46. The van der Waals surface area contributed by atoms with E-state index in [9.17, 15) is 18.4 Å². The number of halogens is 4. The minimum Gasteiger partial charge on any atom is -0.341 e. The number of piperidine rings is 1. The van der Waals surface area contributed by atoms with Crippen LogP contribution < -0.4 is 4.90 Å². The van der Waals surface area contributed by atoms with Crippen molar-refractivity contribution in [1.82, 2.24) is 9.80 Å². The Kier molecular flexibility index (Phi) is 9.17. The maximum absolute atomic E-state index is 14.3. The number of amides is 2. The molecule has 2 heterocycles. The first-order valence-corrected chi connectivity index (χ1v) is 15.4. The summed E-state index contributed by atoms with van der Waals surface area (Å²) < 4.78 is 28.5. The van der Waals surface area contributed by atoms with Gasteiger partial charge in [0.2, 0.25) is 5.91 Å². The van der Waals surface area contributed by atoms with Crippen molar-refractivity contribution in [3.8, 4) is 0 Å². The lowest BCUT2D eigenvalue weighted by molar-refractivity contribution is -0.116. The van der Waals surface area contributed by atoms with Gasteiger partial charge in [0.25, 0.3) is 5.91 Å². The summed E-state index contributed by atoms with van der Waals surface area (Å²) in [5.74, 6) is -0.784. The number of nitrogens with zero attached hydrogens (tertiary/aromatic N) is 3. The van der Waals surface area contributed by atoms with Crippen LogP contribution in [-0.4, -0.2) is 61.4 Å². The molecule has 2 aliphatic heterocycles. The zero-order valence-corrected chi connectivity index (χ0v) is 26.5. The molecule has 0 radical (unpaired) electrons. The highest BCUT2D eigenvalue weighted by Crippen LogP contribution is 2.47. The molecule has 2 aliphatic rings. The number of anilines is 1. The van der Waals surface area contributed by atoms with E-state index >= 15 is 0 Å². The summed E-state index contributed by atoms with van der Waals surface area (Å²) in [6.07, 6.45) is 2.42. The van der Waals surface area contributed by atoms with Crippen molar-refractivity contribution in [1.29, 1.82) is 0 Å². The second-order valence-corrected chi connectivity index (χ2v) is 13.0. The molecule has 1 atom stereocenters. The van der Waals surface area contributed by atoms with E-state index in [0.29, 0.717) is 39.8 Å². The standard InChI is InChI=1S/C34H37Cl2F2N3O2/c1-21-15-26(16-22(2)32(21)38)33(43)39(4)19-25(24-5-7-29(35)30(36)17-24)9-12-40-13-10-34(11-14-40)20-41(23(3)42)31-8-6-27(37)18-28(31)34/h5-8,15-18,25H,9-14,19-20H2,1-4H3. The van der Waals surface area contributed by atoms with E-state index in [1.807, 2.05) is 12.1 Å². The van der Waals surface area contributed by atoms with Crippen LogP contribution in [0.15, 0.2) is 48.5 Å². The van der Waals surface area contributed by atoms with Crippen molar-refractivity contribution in [2.24, 2.45) is 0 Å². The van der Waals surface area contributed by atoms with Crippen LogP contribution in [0.5, 0.6) is 0 Å². The molecule has 2 amide bonds. The highest BCUT2D eigenvalue weighted by molar-refractivity contribution is 6.42. The lowest BCUT2D eigenvalue weighted by atomic mass is 9.74. The lowest BCUT2D eigenvalue weighted by Gasteiger charge is -2.40. The average Bonchev–Trinajstić information content (AvgIpc) is 3.28. The molecule has 3 aromatic rings. The van der Waals surface area contributed by atoms with Gasteiger partial charge in [-0.05, 0) is 117 Å². The van der Waals surface area contributed by atoms with Gasteiger partial charge in [-0.25, -0.2) is 8.78 Å². The van der Waals surface area contributed by atoms with Crippen molar-refractivity contribution in [2.75, 3.05) is 44.7 Å². The summed E-state index contributed by atoms with van der Waals surface area (Å²) in [5, 5.41) is 0.935. The Labute approximate surface area is 262 Å². The van der Waals surface area contributed by atoms with Gasteiger partial charge in [0.05, 0.1) is 10.0 Å². The number of fused-ring (bicyclic) bond motifs is 2. The van der Waals surface area contributed by atoms with Gasteiger partial charge in [0, 0.05) is 49.6 Å². The Bertz CT molecular complexity index is 1530. The number of aryl methyl sites for hydroxylation is 2. The van der Waals surface area contributed by atoms with E-state index in [4.69, 9.17) is 23.2 Å². The van der Waals surface area contributed by atoms with E-state index < -0.39 is 0 Å². The van der Waals surface area contributed by atoms with E-state index in [1.54, 1.807) is 68.0 Å². The van der Waals surface area contributed by atoms with Gasteiger partial charge in [-0.1, -0.05) is 29.3 Å². The first kappa shape index (κ1) is 31.4. The molecule has 1 saturated heterocycles. The molecule has 0 saturated carbocycles. The second-order valence-electron chi connectivity index (χ2n) is 12.2.